The van der Waals surface area contributed by atoms with Gasteiger partial charge in [0.1, 0.15) is 6.10 Å². The predicted molar refractivity (Wildman–Crippen MR) is 116 cm³/mol. The molecule has 0 aromatic carbocycles. The molecule has 2 fully saturated rings. The summed E-state index contributed by atoms with van der Waals surface area (Å²) >= 11 is 0. The average Bonchev–Trinajstić information content (AvgIpc) is 2.67. The fourth-order valence-corrected chi connectivity index (χ4v) is 5.56. The van der Waals surface area contributed by atoms with Gasteiger partial charge in [0.2, 0.25) is 0 Å². The molecule has 5 atom stereocenters. The molecular weight excluding hydrogens is 364 g/mol. The third-order valence-electron chi connectivity index (χ3n) is 7.93. The van der Waals surface area contributed by atoms with Crippen LogP contribution in [0.3, 0.4) is 0 Å². The quantitative estimate of drug-likeness (QED) is 0.453. The van der Waals surface area contributed by atoms with Gasteiger partial charge in [0, 0.05) is 0 Å². The largest absolute Gasteiger partial charge is 0.481 e. The molecule has 0 radical (unpaired) electrons. The molecule has 0 aliphatic heterocycles. The van der Waals surface area contributed by atoms with Crippen molar-refractivity contribution < 1.29 is 19.4 Å². The lowest BCUT2D eigenvalue weighted by Crippen LogP contribution is -2.41. The van der Waals surface area contributed by atoms with Gasteiger partial charge in [0.25, 0.3) is 0 Å². The van der Waals surface area contributed by atoms with E-state index in [1.807, 2.05) is 6.92 Å². The zero-order valence-electron chi connectivity index (χ0n) is 19.4. The number of hydrogen-bond donors (Lipinski definition) is 1. The highest BCUT2D eigenvalue weighted by Crippen LogP contribution is 2.39. The predicted octanol–water partition coefficient (Wildman–Crippen LogP) is 6.32. The monoisotopic (exact) mass is 408 g/mol. The first-order valence-electron chi connectivity index (χ1n) is 12.2. The molecule has 0 aromatic rings. The molecule has 2 saturated carbocycles. The van der Waals surface area contributed by atoms with Crippen LogP contribution in [0.15, 0.2) is 0 Å². The van der Waals surface area contributed by atoms with Crippen molar-refractivity contribution in [3.63, 3.8) is 0 Å². The standard InChI is InChI=1S/C25H44O4/c1-6-8-19-11-13-20(14-12-19)22(15-18(5)16(2)3)29-25(28)21-10-7-9-17(4)23(21)24(26)27/h16-23H,6-15H2,1-5H3,(H,26,27). The molecule has 0 amide bonds. The lowest BCUT2D eigenvalue weighted by molar-refractivity contribution is -0.169. The Bertz CT molecular complexity index is 521. The summed E-state index contributed by atoms with van der Waals surface area (Å²) < 4.78 is 6.17. The van der Waals surface area contributed by atoms with Crippen LogP contribution in [0.25, 0.3) is 0 Å². The van der Waals surface area contributed by atoms with E-state index in [4.69, 9.17) is 4.74 Å². The first kappa shape index (κ1) is 24.2. The highest BCUT2D eigenvalue weighted by molar-refractivity contribution is 5.81. The molecule has 2 aliphatic carbocycles. The van der Waals surface area contributed by atoms with Crippen LogP contribution in [-0.4, -0.2) is 23.1 Å². The van der Waals surface area contributed by atoms with Crippen molar-refractivity contribution >= 4 is 11.9 Å². The fourth-order valence-electron chi connectivity index (χ4n) is 5.56. The molecule has 2 rings (SSSR count). The molecule has 2 aliphatic rings. The maximum Gasteiger partial charge on any atom is 0.310 e. The summed E-state index contributed by atoms with van der Waals surface area (Å²) in [5.74, 6) is 0.159. The second-order valence-corrected chi connectivity index (χ2v) is 10.4. The molecule has 4 nitrogen and oxygen atoms in total. The van der Waals surface area contributed by atoms with E-state index >= 15 is 0 Å². The van der Waals surface area contributed by atoms with Crippen molar-refractivity contribution in [1.29, 1.82) is 0 Å². The molecule has 0 saturated heterocycles. The molecule has 1 N–H and O–H groups in total. The number of aliphatic carboxylic acids is 1. The Morgan fingerprint density at radius 3 is 2.24 bits per heavy atom. The van der Waals surface area contributed by atoms with Crippen LogP contribution in [0.2, 0.25) is 0 Å². The topological polar surface area (TPSA) is 63.6 Å². The van der Waals surface area contributed by atoms with Crippen molar-refractivity contribution in [3.8, 4) is 0 Å². The summed E-state index contributed by atoms with van der Waals surface area (Å²) in [5, 5.41) is 9.70. The Kier molecular flexibility index (Phi) is 9.49. The van der Waals surface area contributed by atoms with Crippen molar-refractivity contribution in [2.75, 3.05) is 0 Å². The fraction of sp³-hybridized carbons (Fsp3) is 0.920. The lowest BCUT2D eigenvalue weighted by Gasteiger charge is -2.37. The molecule has 0 bridgehead atoms. The Labute approximate surface area is 178 Å². The van der Waals surface area contributed by atoms with Crippen LogP contribution in [-0.2, 0) is 14.3 Å². The van der Waals surface area contributed by atoms with Crippen molar-refractivity contribution in [1.82, 2.24) is 0 Å². The van der Waals surface area contributed by atoms with E-state index in [1.165, 1.54) is 25.7 Å². The SMILES string of the molecule is CCCC1CCC(C(CC(C)C(C)C)OC(=O)C2CCCC(C)C2C(=O)O)CC1. The van der Waals surface area contributed by atoms with Crippen LogP contribution >= 0.6 is 0 Å². The number of carbonyl (C=O) groups is 2. The Balaban J connectivity index is 2.08. The van der Waals surface area contributed by atoms with E-state index in [2.05, 4.69) is 27.7 Å². The van der Waals surface area contributed by atoms with Gasteiger partial charge in [-0.2, -0.15) is 0 Å². The Hall–Kier alpha value is -1.06. The van der Waals surface area contributed by atoms with E-state index < -0.39 is 17.8 Å². The number of esters is 1. The van der Waals surface area contributed by atoms with Gasteiger partial charge in [-0.25, -0.2) is 0 Å². The highest BCUT2D eigenvalue weighted by Gasteiger charge is 2.42. The second kappa shape index (κ2) is 11.4. The van der Waals surface area contributed by atoms with Crippen molar-refractivity contribution in [2.24, 2.45) is 41.4 Å². The summed E-state index contributed by atoms with van der Waals surface area (Å²) in [6, 6.07) is 0. The Morgan fingerprint density at radius 1 is 1.03 bits per heavy atom. The second-order valence-electron chi connectivity index (χ2n) is 10.4. The zero-order valence-corrected chi connectivity index (χ0v) is 19.4. The van der Waals surface area contributed by atoms with Crippen molar-refractivity contribution in [3.05, 3.63) is 0 Å². The van der Waals surface area contributed by atoms with Gasteiger partial charge in [-0.05, 0) is 61.7 Å². The maximum absolute atomic E-state index is 13.1. The molecule has 4 heteroatoms. The first-order chi connectivity index (χ1) is 13.7. The maximum atomic E-state index is 13.1. The first-order valence-corrected chi connectivity index (χ1v) is 12.2. The van der Waals surface area contributed by atoms with Gasteiger partial charge in [0.15, 0.2) is 0 Å². The van der Waals surface area contributed by atoms with Crippen LogP contribution in [0.1, 0.15) is 98.8 Å². The van der Waals surface area contributed by atoms with Gasteiger partial charge < -0.3 is 9.84 Å². The summed E-state index contributed by atoms with van der Waals surface area (Å²) in [5.41, 5.74) is 0. The minimum absolute atomic E-state index is 0.0383. The number of hydrogen-bond acceptors (Lipinski definition) is 3. The average molecular weight is 409 g/mol. The zero-order chi connectivity index (χ0) is 21.6. The Morgan fingerprint density at radius 2 is 1.69 bits per heavy atom. The van der Waals surface area contributed by atoms with E-state index in [1.54, 1.807) is 0 Å². The number of carboxylic acid groups (broad SMARTS) is 1. The van der Waals surface area contributed by atoms with Crippen LogP contribution in [0, 0.1) is 41.4 Å². The van der Waals surface area contributed by atoms with Gasteiger partial charge >= 0.3 is 11.9 Å². The molecule has 0 aromatic heterocycles. The number of ether oxygens (including phenoxy) is 1. The summed E-state index contributed by atoms with van der Waals surface area (Å²) in [6.07, 6.45) is 10.6. The van der Waals surface area contributed by atoms with E-state index in [-0.39, 0.29) is 18.0 Å². The third-order valence-corrected chi connectivity index (χ3v) is 7.93. The van der Waals surface area contributed by atoms with Gasteiger partial charge in [-0.3, -0.25) is 9.59 Å². The van der Waals surface area contributed by atoms with Crippen LogP contribution < -0.4 is 0 Å². The molecular formula is C25H44O4. The smallest absolute Gasteiger partial charge is 0.310 e. The normalized spacial score (nSPS) is 32.6. The molecule has 168 valence electrons. The van der Waals surface area contributed by atoms with Gasteiger partial charge in [-0.15, -0.1) is 0 Å². The number of carbonyl (C=O) groups excluding carboxylic acids is 1. The van der Waals surface area contributed by atoms with Gasteiger partial charge in [0.05, 0.1) is 11.8 Å². The number of carboxylic acids is 1. The molecule has 29 heavy (non-hydrogen) atoms. The number of rotatable bonds is 9. The van der Waals surface area contributed by atoms with E-state index in [0.717, 1.165) is 38.0 Å². The van der Waals surface area contributed by atoms with Gasteiger partial charge in [-0.1, -0.05) is 66.7 Å². The van der Waals surface area contributed by atoms with E-state index in [0.29, 0.717) is 24.2 Å². The summed E-state index contributed by atoms with van der Waals surface area (Å²) in [6.45, 7) is 10.9. The molecule has 0 spiro atoms. The minimum Gasteiger partial charge on any atom is -0.481 e. The molecule has 0 heterocycles. The van der Waals surface area contributed by atoms with Crippen LogP contribution in [0.5, 0.6) is 0 Å². The minimum atomic E-state index is -0.841. The lowest BCUT2D eigenvalue weighted by atomic mass is 9.72. The summed E-state index contributed by atoms with van der Waals surface area (Å²) in [4.78, 5) is 25.0. The molecule has 5 unspecified atom stereocenters. The van der Waals surface area contributed by atoms with Crippen LogP contribution in [0.4, 0.5) is 0 Å². The third kappa shape index (κ3) is 6.72. The summed E-state index contributed by atoms with van der Waals surface area (Å²) in [7, 11) is 0. The highest BCUT2D eigenvalue weighted by atomic mass is 16.5. The van der Waals surface area contributed by atoms with Crippen molar-refractivity contribution in [2.45, 2.75) is 105 Å². The van der Waals surface area contributed by atoms with E-state index in [9.17, 15) is 14.7 Å².